The van der Waals surface area contributed by atoms with Crippen LogP contribution in [0.1, 0.15) is 13.8 Å². The molecule has 1 atom stereocenters. The standard InChI is InChI=1S/C13H14N2O2S/c1-8(2)11(13(16)17)18-12-9-5-3-4-6-10(9)14-7-15-12/h3-8,11H,1-2H3,(H,16,17). The van der Waals surface area contributed by atoms with Gasteiger partial charge in [-0.1, -0.05) is 43.8 Å². The Balaban J connectivity index is 2.39. The highest BCUT2D eigenvalue weighted by molar-refractivity contribution is 8.00. The molecule has 4 nitrogen and oxygen atoms in total. The number of thioether (sulfide) groups is 1. The van der Waals surface area contributed by atoms with Gasteiger partial charge in [0.05, 0.1) is 5.52 Å². The van der Waals surface area contributed by atoms with Crippen LogP contribution in [-0.2, 0) is 4.79 Å². The van der Waals surface area contributed by atoms with E-state index in [1.807, 2.05) is 38.1 Å². The highest BCUT2D eigenvalue weighted by atomic mass is 32.2. The molecule has 0 aliphatic heterocycles. The van der Waals surface area contributed by atoms with Crippen LogP contribution in [0.3, 0.4) is 0 Å². The summed E-state index contributed by atoms with van der Waals surface area (Å²) in [5.74, 6) is -0.765. The predicted octanol–water partition coefficient (Wildman–Crippen LogP) is 2.83. The average Bonchev–Trinajstić information content (AvgIpc) is 2.35. The van der Waals surface area contributed by atoms with Crippen LogP contribution in [0.4, 0.5) is 0 Å². The Hall–Kier alpha value is -1.62. The maximum Gasteiger partial charge on any atom is 0.317 e. The molecule has 2 aromatic rings. The van der Waals surface area contributed by atoms with Gasteiger partial charge < -0.3 is 5.11 Å². The van der Waals surface area contributed by atoms with Crippen LogP contribution >= 0.6 is 11.8 Å². The van der Waals surface area contributed by atoms with Crippen LogP contribution in [0.2, 0.25) is 0 Å². The molecular formula is C13H14N2O2S. The van der Waals surface area contributed by atoms with Gasteiger partial charge in [0.2, 0.25) is 0 Å². The molecule has 0 spiro atoms. The second-order valence-corrected chi connectivity index (χ2v) is 5.45. The number of fused-ring (bicyclic) bond motifs is 1. The second kappa shape index (κ2) is 5.35. The van der Waals surface area contributed by atoms with Crippen LogP contribution in [-0.4, -0.2) is 26.3 Å². The zero-order valence-electron chi connectivity index (χ0n) is 10.2. The number of rotatable bonds is 4. The van der Waals surface area contributed by atoms with Gasteiger partial charge in [0.25, 0.3) is 0 Å². The molecule has 0 aliphatic carbocycles. The first-order chi connectivity index (χ1) is 8.59. The molecule has 1 unspecified atom stereocenters. The maximum atomic E-state index is 11.2. The molecule has 0 bridgehead atoms. The number of hydrogen-bond donors (Lipinski definition) is 1. The molecule has 94 valence electrons. The van der Waals surface area contributed by atoms with Crippen molar-refractivity contribution in [3.8, 4) is 0 Å². The smallest absolute Gasteiger partial charge is 0.317 e. The molecule has 0 radical (unpaired) electrons. The van der Waals surface area contributed by atoms with Gasteiger partial charge in [-0.25, -0.2) is 9.97 Å². The van der Waals surface area contributed by atoms with E-state index in [1.54, 1.807) is 0 Å². The molecule has 2 rings (SSSR count). The Morgan fingerprint density at radius 3 is 2.67 bits per heavy atom. The van der Waals surface area contributed by atoms with Crippen molar-refractivity contribution in [1.29, 1.82) is 0 Å². The topological polar surface area (TPSA) is 63.1 Å². The van der Waals surface area contributed by atoms with E-state index >= 15 is 0 Å². The number of aliphatic carboxylic acids is 1. The molecule has 5 heteroatoms. The Kier molecular flexibility index (Phi) is 3.81. The average molecular weight is 262 g/mol. The van der Waals surface area contributed by atoms with Crippen LogP contribution in [0.5, 0.6) is 0 Å². The van der Waals surface area contributed by atoms with Crippen LogP contribution in [0, 0.1) is 5.92 Å². The molecule has 0 fully saturated rings. The molecule has 18 heavy (non-hydrogen) atoms. The second-order valence-electron chi connectivity index (χ2n) is 4.32. The summed E-state index contributed by atoms with van der Waals surface area (Å²) in [5, 5.41) is 10.3. The summed E-state index contributed by atoms with van der Waals surface area (Å²) in [6, 6.07) is 7.62. The lowest BCUT2D eigenvalue weighted by Gasteiger charge is -2.15. The predicted molar refractivity (Wildman–Crippen MR) is 71.7 cm³/mol. The lowest BCUT2D eigenvalue weighted by Crippen LogP contribution is -2.22. The monoisotopic (exact) mass is 262 g/mol. The van der Waals surface area contributed by atoms with E-state index in [9.17, 15) is 9.90 Å². The minimum Gasteiger partial charge on any atom is -0.480 e. The van der Waals surface area contributed by atoms with Crippen molar-refractivity contribution in [2.24, 2.45) is 5.92 Å². The molecule has 1 heterocycles. The van der Waals surface area contributed by atoms with E-state index in [0.717, 1.165) is 15.9 Å². The van der Waals surface area contributed by atoms with Gasteiger partial charge in [0.15, 0.2) is 0 Å². The molecular weight excluding hydrogens is 248 g/mol. The lowest BCUT2D eigenvalue weighted by molar-refractivity contribution is -0.137. The van der Waals surface area contributed by atoms with Gasteiger partial charge in [-0.15, -0.1) is 0 Å². The number of benzene rings is 1. The summed E-state index contributed by atoms with van der Waals surface area (Å²) in [7, 11) is 0. The Labute approximate surface area is 109 Å². The summed E-state index contributed by atoms with van der Waals surface area (Å²) >= 11 is 1.28. The maximum absolute atomic E-state index is 11.2. The van der Waals surface area contributed by atoms with E-state index in [-0.39, 0.29) is 5.92 Å². The largest absolute Gasteiger partial charge is 0.480 e. The third kappa shape index (κ3) is 2.61. The normalized spacial score (nSPS) is 12.8. The summed E-state index contributed by atoms with van der Waals surface area (Å²) in [4.78, 5) is 19.6. The summed E-state index contributed by atoms with van der Waals surface area (Å²) in [6.45, 7) is 3.80. The van der Waals surface area contributed by atoms with Crippen molar-refractivity contribution in [2.45, 2.75) is 24.1 Å². The zero-order chi connectivity index (χ0) is 13.1. The zero-order valence-corrected chi connectivity index (χ0v) is 11.0. The van der Waals surface area contributed by atoms with E-state index in [4.69, 9.17) is 0 Å². The van der Waals surface area contributed by atoms with Crippen molar-refractivity contribution in [3.05, 3.63) is 30.6 Å². The molecule has 1 aromatic carbocycles. The van der Waals surface area contributed by atoms with Crippen LogP contribution in [0.15, 0.2) is 35.6 Å². The number of nitrogens with zero attached hydrogens (tertiary/aromatic N) is 2. The third-order valence-electron chi connectivity index (χ3n) is 2.59. The van der Waals surface area contributed by atoms with E-state index in [0.29, 0.717) is 0 Å². The SMILES string of the molecule is CC(C)C(Sc1ncnc2ccccc12)C(=O)O. The highest BCUT2D eigenvalue weighted by Crippen LogP contribution is 2.31. The third-order valence-corrected chi connectivity index (χ3v) is 4.14. The van der Waals surface area contributed by atoms with Gasteiger partial charge in [-0.2, -0.15) is 0 Å². The fourth-order valence-electron chi connectivity index (χ4n) is 1.67. The molecule has 0 saturated heterocycles. The van der Waals surface area contributed by atoms with E-state index < -0.39 is 11.2 Å². The van der Waals surface area contributed by atoms with Gasteiger partial charge in [-0.3, -0.25) is 4.79 Å². The fourth-order valence-corrected chi connectivity index (χ4v) is 2.69. The molecule has 1 aromatic heterocycles. The Morgan fingerprint density at radius 1 is 1.28 bits per heavy atom. The first kappa shape index (κ1) is 12.8. The van der Waals surface area contributed by atoms with Gasteiger partial charge >= 0.3 is 5.97 Å². The van der Waals surface area contributed by atoms with E-state index in [2.05, 4.69) is 9.97 Å². The number of carbonyl (C=O) groups is 1. The minimum atomic E-state index is -0.808. The number of carboxylic acid groups (broad SMARTS) is 1. The van der Waals surface area contributed by atoms with Gasteiger partial charge in [0.1, 0.15) is 16.6 Å². The quantitative estimate of drug-likeness (QED) is 0.678. The summed E-state index contributed by atoms with van der Waals surface area (Å²) in [6.07, 6.45) is 1.48. The van der Waals surface area contributed by atoms with Crippen molar-refractivity contribution >= 4 is 28.6 Å². The number of aromatic nitrogens is 2. The Morgan fingerprint density at radius 2 is 2.00 bits per heavy atom. The van der Waals surface area contributed by atoms with E-state index in [1.165, 1.54) is 18.1 Å². The lowest BCUT2D eigenvalue weighted by atomic mass is 10.1. The number of hydrogen-bond acceptors (Lipinski definition) is 4. The summed E-state index contributed by atoms with van der Waals surface area (Å²) in [5.41, 5.74) is 0.836. The molecule has 1 N–H and O–H groups in total. The number of para-hydroxylation sites is 1. The van der Waals surface area contributed by atoms with Crippen LogP contribution < -0.4 is 0 Å². The van der Waals surface area contributed by atoms with Gasteiger partial charge in [0, 0.05) is 5.39 Å². The van der Waals surface area contributed by atoms with Crippen molar-refractivity contribution in [2.75, 3.05) is 0 Å². The first-order valence-corrected chi connectivity index (χ1v) is 6.56. The molecule has 0 saturated carbocycles. The van der Waals surface area contributed by atoms with Crippen molar-refractivity contribution in [1.82, 2.24) is 9.97 Å². The molecule has 0 amide bonds. The highest BCUT2D eigenvalue weighted by Gasteiger charge is 2.24. The molecule has 0 aliphatic rings. The fraction of sp³-hybridized carbons (Fsp3) is 0.308. The first-order valence-electron chi connectivity index (χ1n) is 5.69. The van der Waals surface area contributed by atoms with Crippen molar-refractivity contribution < 1.29 is 9.90 Å². The Bertz CT molecular complexity index is 566. The van der Waals surface area contributed by atoms with Gasteiger partial charge in [-0.05, 0) is 12.0 Å². The number of carboxylic acids is 1. The van der Waals surface area contributed by atoms with Crippen LogP contribution in [0.25, 0.3) is 10.9 Å². The minimum absolute atomic E-state index is 0.0428. The summed E-state index contributed by atoms with van der Waals surface area (Å²) < 4.78 is 0. The van der Waals surface area contributed by atoms with Crippen molar-refractivity contribution in [3.63, 3.8) is 0 Å².